The van der Waals surface area contributed by atoms with Crippen molar-refractivity contribution in [3.8, 4) is 0 Å². The van der Waals surface area contributed by atoms with Crippen LogP contribution in [0.15, 0.2) is 36.4 Å². The van der Waals surface area contributed by atoms with E-state index in [4.69, 9.17) is 4.74 Å². The zero-order valence-corrected chi connectivity index (χ0v) is 17.4. The second-order valence-corrected chi connectivity index (χ2v) is 7.26. The van der Waals surface area contributed by atoms with E-state index in [9.17, 15) is 19.7 Å². The van der Waals surface area contributed by atoms with Crippen molar-refractivity contribution in [3.63, 3.8) is 0 Å². The molecule has 0 radical (unpaired) electrons. The van der Waals surface area contributed by atoms with Gasteiger partial charge in [0.2, 0.25) is 0 Å². The molecule has 3 rings (SSSR count). The summed E-state index contributed by atoms with van der Waals surface area (Å²) in [6.07, 6.45) is 0. The summed E-state index contributed by atoms with van der Waals surface area (Å²) >= 11 is 0. The Bertz CT molecular complexity index is 981. The van der Waals surface area contributed by atoms with E-state index >= 15 is 0 Å². The molecule has 30 heavy (non-hydrogen) atoms. The van der Waals surface area contributed by atoms with E-state index < -0.39 is 10.9 Å². The summed E-state index contributed by atoms with van der Waals surface area (Å²) in [6, 6.07) is 10.0. The van der Waals surface area contributed by atoms with Crippen LogP contribution in [0.5, 0.6) is 0 Å². The van der Waals surface area contributed by atoms with Crippen LogP contribution >= 0.6 is 0 Å². The number of rotatable bonds is 5. The van der Waals surface area contributed by atoms with Crippen LogP contribution in [0, 0.1) is 24.0 Å². The minimum Gasteiger partial charge on any atom is -0.462 e. The number of nitrogens with zero attached hydrogens (tertiary/aromatic N) is 3. The first kappa shape index (κ1) is 21.3. The molecular weight excluding hydrogens is 386 g/mol. The lowest BCUT2D eigenvalue weighted by molar-refractivity contribution is -0.384. The minimum absolute atomic E-state index is 0.0371. The van der Waals surface area contributed by atoms with Gasteiger partial charge in [-0.05, 0) is 56.2 Å². The lowest BCUT2D eigenvalue weighted by Gasteiger charge is -2.36. The zero-order chi connectivity index (χ0) is 21.8. The van der Waals surface area contributed by atoms with E-state index in [1.807, 2.05) is 36.9 Å². The number of carbonyl (C=O) groups is 2. The third kappa shape index (κ3) is 4.42. The fourth-order valence-corrected chi connectivity index (χ4v) is 3.49. The standard InChI is InChI=1S/C22H25N3O5/c1-4-30-22(27)18-7-8-19(20(14-18)25(28)29)23-9-11-24(12-10-23)21(26)17-6-5-15(2)16(3)13-17/h5-8,13-14H,4,9-12H2,1-3H3. The quantitative estimate of drug-likeness (QED) is 0.426. The summed E-state index contributed by atoms with van der Waals surface area (Å²) in [5.74, 6) is -0.624. The first-order valence-corrected chi connectivity index (χ1v) is 9.89. The van der Waals surface area contributed by atoms with Crippen molar-refractivity contribution < 1.29 is 19.2 Å². The predicted molar refractivity (Wildman–Crippen MR) is 113 cm³/mol. The van der Waals surface area contributed by atoms with Gasteiger partial charge in [0.05, 0.1) is 17.1 Å². The fourth-order valence-electron chi connectivity index (χ4n) is 3.49. The highest BCUT2D eigenvalue weighted by Gasteiger charge is 2.27. The molecule has 2 aromatic rings. The van der Waals surface area contributed by atoms with Crippen LogP contribution in [0.1, 0.15) is 38.8 Å². The number of ether oxygens (including phenoxy) is 1. The van der Waals surface area contributed by atoms with Crippen LogP contribution in [0.4, 0.5) is 11.4 Å². The van der Waals surface area contributed by atoms with E-state index in [-0.39, 0.29) is 23.8 Å². The number of carbonyl (C=O) groups excluding carboxylic acids is 2. The maximum atomic E-state index is 12.8. The van der Waals surface area contributed by atoms with E-state index in [2.05, 4.69) is 0 Å². The Morgan fingerprint density at radius 3 is 2.27 bits per heavy atom. The number of benzene rings is 2. The smallest absolute Gasteiger partial charge is 0.338 e. The Morgan fingerprint density at radius 1 is 1.00 bits per heavy atom. The largest absolute Gasteiger partial charge is 0.462 e. The molecule has 0 atom stereocenters. The molecule has 8 heteroatoms. The third-order valence-corrected chi connectivity index (χ3v) is 5.34. The van der Waals surface area contributed by atoms with Gasteiger partial charge in [-0.3, -0.25) is 14.9 Å². The average Bonchev–Trinajstić information content (AvgIpc) is 2.75. The van der Waals surface area contributed by atoms with Crippen LogP contribution in [-0.2, 0) is 4.74 Å². The molecule has 1 fully saturated rings. The van der Waals surface area contributed by atoms with Crippen molar-refractivity contribution in [1.82, 2.24) is 4.90 Å². The Balaban J connectivity index is 1.74. The molecule has 1 amide bonds. The molecule has 1 aliphatic rings. The highest BCUT2D eigenvalue weighted by atomic mass is 16.6. The highest BCUT2D eigenvalue weighted by Crippen LogP contribution is 2.30. The van der Waals surface area contributed by atoms with Crippen LogP contribution in [0.25, 0.3) is 0 Å². The lowest BCUT2D eigenvalue weighted by Crippen LogP contribution is -2.49. The summed E-state index contributed by atoms with van der Waals surface area (Å²) in [5.41, 5.74) is 3.29. The van der Waals surface area contributed by atoms with Gasteiger partial charge in [0.1, 0.15) is 5.69 Å². The molecular formula is C22H25N3O5. The van der Waals surface area contributed by atoms with Crippen molar-refractivity contribution in [2.75, 3.05) is 37.7 Å². The normalized spacial score (nSPS) is 13.8. The number of nitro benzene ring substituents is 1. The van der Waals surface area contributed by atoms with Crippen LogP contribution in [-0.4, -0.2) is 54.5 Å². The summed E-state index contributed by atoms with van der Waals surface area (Å²) in [7, 11) is 0. The number of hydrogen-bond acceptors (Lipinski definition) is 6. The maximum Gasteiger partial charge on any atom is 0.338 e. The van der Waals surface area contributed by atoms with Gasteiger partial charge < -0.3 is 14.5 Å². The number of hydrogen-bond donors (Lipinski definition) is 0. The van der Waals surface area contributed by atoms with Gasteiger partial charge >= 0.3 is 5.97 Å². The minimum atomic E-state index is -0.587. The van der Waals surface area contributed by atoms with Crippen molar-refractivity contribution in [3.05, 3.63) is 68.8 Å². The van der Waals surface area contributed by atoms with Gasteiger partial charge in [0.15, 0.2) is 0 Å². The number of aryl methyl sites for hydroxylation is 2. The molecule has 158 valence electrons. The monoisotopic (exact) mass is 411 g/mol. The van der Waals surface area contributed by atoms with Gasteiger partial charge in [-0.25, -0.2) is 4.79 Å². The summed E-state index contributed by atoms with van der Waals surface area (Å²) in [4.78, 5) is 39.4. The molecule has 2 aromatic carbocycles. The number of esters is 1. The zero-order valence-electron chi connectivity index (χ0n) is 17.4. The van der Waals surface area contributed by atoms with Gasteiger partial charge in [-0.15, -0.1) is 0 Å². The molecule has 0 aliphatic carbocycles. The van der Waals surface area contributed by atoms with Gasteiger partial charge in [0, 0.05) is 37.8 Å². The average molecular weight is 411 g/mol. The Hall–Kier alpha value is -3.42. The van der Waals surface area contributed by atoms with E-state index in [0.29, 0.717) is 37.4 Å². The van der Waals surface area contributed by atoms with Gasteiger partial charge in [-0.1, -0.05) is 6.07 Å². The summed E-state index contributed by atoms with van der Waals surface area (Å²) in [6.45, 7) is 7.72. The van der Waals surface area contributed by atoms with Crippen LogP contribution in [0.3, 0.4) is 0 Å². The van der Waals surface area contributed by atoms with E-state index in [0.717, 1.165) is 11.1 Å². The molecule has 0 spiro atoms. The van der Waals surface area contributed by atoms with E-state index in [1.54, 1.807) is 17.9 Å². The summed E-state index contributed by atoms with van der Waals surface area (Å²) < 4.78 is 4.93. The van der Waals surface area contributed by atoms with Crippen LogP contribution in [0.2, 0.25) is 0 Å². The predicted octanol–water partition coefficient (Wildman–Crippen LogP) is 3.35. The van der Waals surface area contributed by atoms with Crippen molar-refractivity contribution in [2.45, 2.75) is 20.8 Å². The van der Waals surface area contributed by atoms with Crippen LogP contribution < -0.4 is 4.90 Å². The first-order valence-electron chi connectivity index (χ1n) is 9.89. The number of anilines is 1. The topological polar surface area (TPSA) is 93.0 Å². The second kappa shape index (κ2) is 8.94. The van der Waals surface area contributed by atoms with Gasteiger partial charge in [-0.2, -0.15) is 0 Å². The van der Waals surface area contributed by atoms with Crippen molar-refractivity contribution in [1.29, 1.82) is 0 Å². The van der Waals surface area contributed by atoms with Crippen molar-refractivity contribution >= 4 is 23.3 Å². The first-order chi connectivity index (χ1) is 14.3. The molecule has 1 heterocycles. The van der Waals surface area contributed by atoms with Gasteiger partial charge in [0.25, 0.3) is 11.6 Å². The Labute approximate surface area is 175 Å². The number of nitro groups is 1. The molecule has 0 saturated carbocycles. The summed E-state index contributed by atoms with van der Waals surface area (Å²) in [5, 5.41) is 11.6. The lowest BCUT2D eigenvalue weighted by atomic mass is 10.1. The SMILES string of the molecule is CCOC(=O)c1ccc(N2CCN(C(=O)c3ccc(C)c(C)c3)CC2)c([N+](=O)[O-])c1. The van der Waals surface area contributed by atoms with Crippen molar-refractivity contribution in [2.24, 2.45) is 0 Å². The number of piperazine rings is 1. The molecule has 0 unspecified atom stereocenters. The Morgan fingerprint density at radius 2 is 1.67 bits per heavy atom. The molecule has 0 bridgehead atoms. The molecule has 1 saturated heterocycles. The molecule has 8 nitrogen and oxygen atoms in total. The Kier molecular flexibility index (Phi) is 6.34. The molecule has 1 aliphatic heterocycles. The second-order valence-electron chi connectivity index (χ2n) is 7.26. The number of amides is 1. The molecule has 0 aromatic heterocycles. The van der Waals surface area contributed by atoms with E-state index in [1.165, 1.54) is 12.1 Å². The maximum absolute atomic E-state index is 12.8. The highest BCUT2D eigenvalue weighted by molar-refractivity contribution is 5.95. The fraction of sp³-hybridized carbons (Fsp3) is 0.364. The third-order valence-electron chi connectivity index (χ3n) is 5.34. The molecule has 0 N–H and O–H groups in total.